The number of carbonyl (C=O) groups is 1. The minimum Gasteiger partial charge on any atom is -0.465 e. The molecular weight excluding hydrogens is 444 g/mol. The smallest absolute Gasteiger partial charge is 0.337 e. The van der Waals surface area contributed by atoms with Crippen LogP contribution in [0.3, 0.4) is 0 Å². The molecule has 0 saturated heterocycles. The predicted molar refractivity (Wildman–Crippen MR) is 139 cm³/mol. The van der Waals surface area contributed by atoms with E-state index in [1.54, 1.807) is 7.11 Å². The van der Waals surface area contributed by atoms with E-state index in [1.165, 1.54) is 12.7 Å². The highest BCUT2D eigenvalue weighted by molar-refractivity contribution is 6.73. The third-order valence-electron chi connectivity index (χ3n) is 6.39. The van der Waals surface area contributed by atoms with E-state index < -0.39 is 8.32 Å². The summed E-state index contributed by atoms with van der Waals surface area (Å²) in [7, 11) is 1.23. The number of methoxy groups -OCH3 is 2. The number of ether oxygens (including phenoxy) is 3. The summed E-state index contributed by atoms with van der Waals surface area (Å²) in [6, 6.07) is 19.4. The molecule has 2 aromatic carbocycles. The Balaban J connectivity index is 2.07. The third-order valence-corrected chi connectivity index (χ3v) is 11.0. The zero-order valence-corrected chi connectivity index (χ0v) is 22.3. The van der Waals surface area contributed by atoms with E-state index in [1.807, 2.05) is 24.3 Å². The summed E-state index contributed by atoms with van der Waals surface area (Å²) in [6.07, 6.45) is 6.08. The lowest BCUT2D eigenvalue weighted by atomic mass is 10.0. The Morgan fingerprint density at radius 3 is 2.06 bits per heavy atom. The van der Waals surface area contributed by atoms with E-state index in [9.17, 15) is 4.79 Å². The zero-order valence-electron chi connectivity index (χ0n) is 21.3. The molecule has 0 aliphatic carbocycles. The van der Waals surface area contributed by atoms with Crippen molar-refractivity contribution in [1.82, 2.24) is 0 Å². The highest BCUT2D eigenvalue weighted by atomic mass is 28.4. The topological polar surface area (TPSA) is 54.0 Å². The van der Waals surface area contributed by atoms with Gasteiger partial charge in [-0.25, -0.2) is 4.79 Å². The van der Waals surface area contributed by atoms with E-state index >= 15 is 0 Å². The summed E-state index contributed by atoms with van der Waals surface area (Å²) in [5, 5.41) is 0. The molecule has 6 heteroatoms. The molecule has 2 rings (SSSR count). The number of benzene rings is 2. The zero-order chi connectivity index (χ0) is 24.8. The maximum atomic E-state index is 11.8. The van der Waals surface area contributed by atoms with Gasteiger partial charge in [0.2, 0.25) is 0 Å². The Kier molecular flexibility index (Phi) is 12.3. The van der Waals surface area contributed by atoms with Crippen LogP contribution in [0.5, 0.6) is 0 Å². The van der Waals surface area contributed by atoms with Gasteiger partial charge in [0.25, 0.3) is 0 Å². The maximum Gasteiger partial charge on any atom is 0.337 e. The fourth-order valence-electron chi connectivity index (χ4n) is 3.96. The molecule has 186 valence electrons. The van der Waals surface area contributed by atoms with E-state index in [0.29, 0.717) is 19.0 Å². The van der Waals surface area contributed by atoms with Gasteiger partial charge >= 0.3 is 5.97 Å². The van der Waals surface area contributed by atoms with Crippen molar-refractivity contribution in [3.63, 3.8) is 0 Å². The normalized spacial score (nSPS) is 12.7. The monoisotopic (exact) mass is 484 g/mol. The van der Waals surface area contributed by atoms with Crippen molar-refractivity contribution >= 4 is 14.3 Å². The van der Waals surface area contributed by atoms with Crippen molar-refractivity contribution in [2.45, 2.75) is 64.5 Å². The molecule has 0 N–H and O–H groups in total. The molecule has 1 unspecified atom stereocenters. The standard InChI is InChI=1S/C28H40O5Si/c1-6-34(7-2,8-3)33-27(25-17-19-26(20-18-25)28(29)31-5)12-10-9-11-23-13-15-24(16-14-23)21-32-22-30-4/h9-10,13-20,27H,6-8,11-12,21-22H2,1-5H3/b10-9+. The van der Waals surface area contributed by atoms with Crippen LogP contribution in [-0.4, -0.2) is 35.3 Å². The van der Waals surface area contributed by atoms with Crippen LogP contribution in [0.4, 0.5) is 0 Å². The lowest BCUT2D eigenvalue weighted by Crippen LogP contribution is -2.37. The minimum atomic E-state index is -1.80. The predicted octanol–water partition coefficient (Wildman–Crippen LogP) is 6.85. The lowest BCUT2D eigenvalue weighted by Gasteiger charge is -2.33. The second kappa shape index (κ2) is 14.9. The summed E-state index contributed by atoms with van der Waals surface area (Å²) in [4.78, 5) is 11.8. The molecule has 0 aliphatic rings. The van der Waals surface area contributed by atoms with Crippen LogP contribution in [0.2, 0.25) is 18.1 Å². The first-order chi connectivity index (χ1) is 16.5. The second-order valence-corrected chi connectivity index (χ2v) is 13.2. The highest BCUT2D eigenvalue weighted by Crippen LogP contribution is 2.32. The van der Waals surface area contributed by atoms with E-state index in [-0.39, 0.29) is 12.1 Å². The number of carbonyl (C=O) groups excluding carboxylic acids is 1. The fraction of sp³-hybridized carbons (Fsp3) is 0.464. The Bertz CT molecular complexity index is 864. The first kappa shape index (κ1) is 28.0. The summed E-state index contributed by atoms with van der Waals surface area (Å²) in [6.45, 7) is 7.59. The summed E-state index contributed by atoms with van der Waals surface area (Å²) in [5.74, 6) is -0.320. The van der Waals surface area contributed by atoms with Crippen LogP contribution in [0.25, 0.3) is 0 Å². The van der Waals surface area contributed by atoms with E-state index in [4.69, 9.17) is 18.6 Å². The Morgan fingerprint density at radius 2 is 1.50 bits per heavy atom. The fourth-order valence-corrected chi connectivity index (χ4v) is 6.80. The van der Waals surface area contributed by atoms with Gasteiger partial charge in [-0.1, -0.05) is 69.3 Å². The minimum absolute atomic E-state index is 0.0187. The van der Waals surface area contributed by atoms with Crippen molar-refractivity contribution < 1.29 is 23.4 Å². The molecular formula is C28H40O5Si. The van der Waals surface area contributed by atoms with Gasteiger partial charge in [-0.05, 0) is 59.8 Å². The largest absolute Gasteiger partial charge is 0.465 e. The SMILES string of the molecule is CC[Si](CC)(CC)OC(C/C=C/Cc1ccc(COCOC)cc1)c1ccc(C(=O)OC)cc1. The van der Waals surface area contributed by atoms with Crippen LogP contribution >= 0.6 is 0 Å². The third kappa shape index (κ3) is 8.51. The van der Waals surface area contributed by atoms with Gasteiger partial charge in [0.05, 0.1) is 25.4 Å². The van der Waals surface area contributed by atoms with E-state index in [2.05, 4.69) is 57.2 Å². The number of hydrogen-bond acceptors (Lipinski definition) is 5. The van der Waals surface area contributed by atoms with Gasteiger partial charge in [0, 0.05) is 7.11 Å². The molecule has 0 amide bonds. The first-order valence-corrected chi connectivity index (χ1v) is 14.7. The molecule has 0 aliphatic heterocycles. The van der Waals surface area contributed by atoms with Gasteiger partial charge in [-0.3, -0.25) is 0 Å². The Morgan fingerprint density at radius 1 is 0.882 bits per heavy atom. The molecule has 0 saturated carbocycles. The lowest BCUT2D eigenvalue weighted by molar-refractivity contribution is -0.0390. The summed E-state index contributed by atoms with van der Waals surface area (Å²) < 4.78 is 22.0. The number of rotatable bonds is 15. The van der Waals surface area contributed by atoms with Crippen molar-refractivity contribution in [2.24, 2.45) is 0 Å². The molecule has 2 aromatic rings. The Hall–Kier alpha value is -2.25. The van der Waals surface area contributed by atoms with Crippen LogP contribution in [-0.2, 0) is 31.7 Å². The average Bonchev–Trinajstić information content (AvgIpc) is 2.89. The van der Waals surface area contributed by atoms with Gasteiger partial charge in [0.15, 0.2) is 8.32 Å². The van der Waals surface area contributed by atoms with E-state index in [0.717, 1.165) is 42.1 Å². The summed E-state index contributed by atoms with van der Waals surface area (Å²) >= 11 is 0. The molecule has 0 spiro atoms. The maximum absolute atomic E-state index is 11.8. The van der Waals surface area contributed by atoms with Crippen LogP contribution in [0, 0.1) is 0 Å². The van der Waals surface area contributed by atoms with Crippen LogP contribution < -0.4 is 0 Å². The molecule has 0 heterocycles. The van der Waals surface area contributed by atoms with Crippen molar-refractivity contribution in [1.29, 1.82) is 0 Å². The van der Waals surface area contributed by atoms with Crippen LogP contribution in [0.15, 0.2) is 60.7 Å². The van der Waals surface area contributed by atoms with Crippen LogP contribution in [0.1, 0.15) is 60.3 Å². The molecule has 0 fully saturated rings. The molecule has 5 nitrogen and oxygen atoms in total. The molecule has 34 heavy (non-hydrogen) atoms. The average molecular weight is 485 g/mol. The quantitative estimate of drug-likeness (QED) is 0.0910. The van der Waals surface area contributed by atoms with Gasteiger partial charge < -0.3 is 18.6 Å². The van der Waals surface area contributed by atoms with Crippen molar-refractivity contribution in [2.75, 3.05) is 21.0 Å². The number of hydrogen-bond donors (Lipinski definition) is 0. The van der Waals surface area contributed by atoms with Crippen molar-refractivity contribution in [3.8, 4) is 0 Å². The Labute approximate surface area is 206 Å². The number of esters is 1. The summed E-state index contributed by atoms with van der Waals surface area (Å²) in [5.41, 5.74) is 4.05. The molecule has 1 atom stereocenters. The number of allylic oxidation sites excluding steroid dienone is 1. The first-order valence-electron chi connectivity index (χ1n) is 12.2. The highest BCUT2D eigenvalue weighted by Gasteiger charge is 2.32. The molecule has 0 radical (unpaired) electrons. The van der Waals surface area contributed by atoms with Gasteiger partial charge in [-0.2, -0.15) is 0 Å². The van der Waals surface area contributed by atoms with Gasteiger partial charge in [0.1, 0.15) is 6.79 Å². The van der Waals surface area contributed by atoms with Crippen molar-refractivity contribution in [3.05, 3.63) is 82.9 Å². The molecule has 0 bridgehead atoms. The molecule has 0 aromatic heterocycles. The van der Waals surface area contributed by atoms with Gasteiger partial charge in [-0.15, -0.1) is 0 Å². The second-order valence-electron chi connectivity index (χ2n) is 8.45.